The molecule has 0 spiro atoms. The Hall–Kier alpha value is -2.92. The maximum Gasteiger partial charge on any atom is 0.341 e. The van der Waals surface area contributed by atoms with Crippen LogP contribution in [0, 0.1) is 5.82 Å². The molecule has 0 saturated carbocycles. The van der Waals surface area contributed by atoms with Gasteiger partial charge in [-0.15, -0.1) is 0 Å². The highest BCUT2D eigenvalue weighted by molar-refractivity contribution is 6.74. The number of likely N-dealkylation sites (N-methyl/N-ethyl adjacent to an activating group) is 1. The number of piperazine rings is 1. The highest BCUT2D eigenvalue weighted by Gasteiger charge is 2.37. The van der Waals surface area contributed by atoms with Crippen LogP contribution in [0.25, 0.3) is 10.9 Å². The number of ether oxygens (including phenoxy) is 2. The molecule has 4 rings (SSSR count). The summed E-state index contributed by atoms with van der Waals surface area (Å²) in [5, 5.41) is 3.84. The fourth-order valence-corrected chi connectivity index (χ4v) is 5.72. The van der Waals surface area contributed by atoms with Crippen LogP contribution in [0.2, 0.25) is 23.2 Å². The average Bonchev–Trinajstić information content (AvgIpc) is 2.93. The normalized spacial score (nSPS) is 14.7. The molecule has 0 unspecified atom stereocenters. The van der Waals surface area contributed by atoms with Gasteiger partial charge in [0.2, 0.25) is 0 Å². The van der Waals surface area contributed by atoms with E-state index in [1.165, 1.54) is 12.3 Å². The number of hydrogen-bond donors (Lipinski definition) is 1. The van der Waals surface area contributed by atoms with Crippen molar-refractivity contribution in [2.75, 3.05) is 63.3 Å². The number of carbonyl (C=O) groups excluding carboxylic acids is 1. The Morgan fingerprint density at radius 2 is 1.86 bits per heavy atom. The van der Waals surface area contributed by atoms with Crippen LogP contribution in [0.5, 0.6) is 5.75 Å². The number of pyridine rings is 1. The summed E-state index contributed by atoms with van der Waals surface area (Å²) < 4.78 is 33.0. The largest absolute Gasteiger partial charge is 0.489 e. The lowest BCUT2D eigenvalue weighted by atomic mass is 10.1. The van der Waals surface area contributed by atoms with Gasteiger partial charge in [0, 0.05) is 43.8 Å². The molecule has 1 N–H and O–H groups in total. The van der Waals surface area contributed by atoms with Crippen molar-refractivity contribution in [1.29, 1.82) is 0 Å². The number of rotatable bonds is 10. The van der Waals surface area contributed by atoms with Crippen LogP contribution in [0.15, 0.2) is 36.5 Å². The molecule has 11 heteroatoms. The smallest absolute Gasteiger partial charge is 0.341 e. The number of nitrogens with one attached hydrogen (secondary N) is 1. The number of carbonyl (C=O) groups is 1. The predicted molar refractivity (Wildman–Crippen MR) is 171 cm³/mol. The molecule has 0 amide bonds. The fourth-order valence-electron chi connectivity index (χ4n) is 4.52. The Kier molecular flexibility index (Phi) is 10.0. The van der Waals surface area contributed by atoms with Gasteiger partial charge in [-0.05, 0) is 50.3 Å². The SMILES string of the molecule is CCOC(=O)c1cnc2cc(OCCO[Si](C)(C)C(C)(C)C)c(N3CCN(C)CC3)cc2c1Nc1cccc(Cl)c1F. The molecule has 0 aliphatic carbocycles. The summed E-state index contributed by atoms with van der Waals surface area (Å²) in [6.45, 7) is 17.3. The van der Waals surface area contributed by atoms with Gasteiger partial charge in [-0.25, -0.2) is 9.18 Å². The van der Waals surface area contributed by atoms with E-state index in [4.69, 9.17) is 25.5 Å². The molecule has 0 radical (unpaired) electrons. The van der Waals surface area contributed by atoms with Gasteiger partial charge in [0.15, 0.2) is 14.1 Å². The van der Waals surface area contributed by atoms with Gasteiger partial charge in [-0.1, -0.05) is 38.4 Å². The Morgan fingerprint density at radius 1 is 1.14 bits per heavy atom. The second-order valence-corrected chi connectivity index (χ2v) is 17.3. The summed E-state index contributed by atoms with van der Waals surface area (Å²) in [5.74, 6) is -0.483. The highest BCUT2D eigenvalue weighted by atomic mass is 35.5. The summed E-state index contributed by atoms with van der Waals surface area (Å²) >= 11 is 6.07. The molecular weight excluding hydrogens is 575 g/mol. The zero-order valence-corrected chi connectivity index (χ0v) is 27.4. The molecule has 228 valence electrons. The lowest BCUT2D eigenvalue weighted by Crippen LogP contribution is -2.44. The van der Waals surface area contributed by atoms with Crippen molar-refractivity contribution in [3.63, 3.8) is 0 Å². The Balaban J connectivity index is 1.77. The van der Waals surface area contributed by atoms with Gasteiger partial charge in [0.05, 0.1) is 40.8 Å². The first-order chi connectivity index (χ1) is 19.8. The molecule has 8 nitrogen and oxygen atoms in total. The molecule has 1 fully saturated rings. The quantitative estimate of drug-likeness (QED) is 0.147. The van der Waals surface area contributed by atoms with E-state index in [2.05, 4.69) is 61.0 Å². The van der Waals surface area contributed by atoms with Crippen molar-refractivity contribution in [3.05, 3.63) is 52.9 Å². The summed E-state index contributed by atoms with van der Waals surface area (Å²) in [4.78, 5) is 22.1. The zero-order chi connectivity index (χ0) is 30.7. The van der Waals surface area contributed by atoms with Crippen molar-refractivity contribution >= 4 is 53.9 Å². The van der Waals surface area contributed by atoms with E-state index >= 15 is 4.39 Å². The highest BCUT2D eigenvalue weighted by Crippen LogP contribution is 2.40. The molecule has 0 atom stereocenters. The number of aromatic nitrogens is 1. The van der Waals surface area contributed by atoms with E-state index in [9.17, 15) is 4.79 Å². The minimum atomic E-state index is -1.92. The van der Waals surface area contributed by atoms with Crippen LogP contribution in [0.4, 0.5) is 21.5 Å². The lowest BCUT2D eigenvalue weighted by Gasteiger charge is -2.36. The lowest BCUT2D eigenvalue weighted by molar-refractivity contribution is 0.0527. The molecule has 1 saturated heterocycles. The number of benzene rings is 2. The van der Waals surface area contributed by atoms with E-state index in [1.807, 2.05) is 12.1 Å². The van der Waals surface area contributed by atoms with Gasteiger partial charge >= 0.3 is 5.97 Å². The average molecular weight is 617 g/mol. The molecule has 1 aliphatic rings. The Bertz CT molecular complexity index is 1420. The number of hydrogen-bond acceptors (Lipinski definition) is 8. The van der Waals surface area contributed by atoms with Gasteiger partial charge < -0.3 is 29.0 Å². The summed E-state index contributed by atoms with van der Waals surface area (Å²) in [5.41, 5.74) is 2.20. The van der Waals surface area contributed by atoms with Crippen LogP contribution in [-0.2, 0) is 9.16 Å². The van der Waals surface area contributed by atoms with Crippen LogP contribution in [-0.4, -0.2) is 77.2 Å². The first-order valence-corrected chi connectivity index (χ1v) is 17.7. The number of anilines is 3. The maximum atomic E-state index is 15.0. The van der Waals surface area contributed by atoms with Gasteiger partial charge in [0.1, 0.15) is 17.9 Å². The first kappa shape index (κ1) is 32.0. The van der Waals surface area contributed by atoms with Crippen molar-refractivity contribution in [2.45, 2.75) is 45.8 Å². The summed E-state index contributed by atoms with van der Waals surface area (Å²) in [6.07, 6.45) is 1.45. The van der Waals surface area contributed by atoms with Crippen LogP contribution >= 0.6 is 11.6 Å². The van der Waals surface area contributed by atoms with E-state index in [0.717, 1.165) is 31.9 Å². The van der Waals surface area contributed by atoms with Crippen LogP contribution in [0.1, 0.15) is 38.1 Å². The van der Waals surface area contributed by atoms with Crippen LogP contribution in [0.3, 0.4) is 0 Å². The second kappa shape index (κ2) is 13.2. The molecule has 0 bridgehead atoms. The molecule has 42 heavy (non-hydrogen) atoms. The number of nitrogens with zero attached hydrogens (tertiary/aromatic N) is 3. The third-order valence-electron chi connectivity index (χ3n) is 8.11. The maximum absolute atomic E-state index is 15.0. The molecule has 3 aromatic rings. The first-order valence-electron chi connectivity index (χ1n) is 14.4. The van der Waals surface area contributed by atoms with E-state index in [1.54, 1.807) is 19.1 Å². The van der Waals surface area contributed by atoms with Crippen molar-refractivity contribution in [2.24, 2.45) is 0 Å². The minimum absolute atomic E-state index is 0.0234. The van der Waals surface area contributed by atoms with Crippen molar-refractivity contribution in [1.82, 2.24) is 9.88 Å². The number of esters is 1. The van der Waals surface area contributed by atoms with Gasteiger partial charge in [0.25, 0.3) is 0 Å². The predicted octanol–water partition coefficient (Wildman–Crippen LogP) is 7.10. The third kappa shape index (κ3) is 7.16. The monoisotopic (exact) mass is 616 g/mol. The minimum Gasteiger partial charge on any atom is -0.489 e. The zero-order valence-electron chi connectivity index (χ0n) is 25.6. The summed E-state index contributed by atoms with van der Waals surface area (Å²) in [7, 11) is 0.184. The summed E-state index contributed by atoms with van der Waals surface area (Å²) in [6, 6.07) is 8.54. The molecule has 2 heterocycles. The van der Waals surface area contributed by atoms with Gasteiger partial charge in [-0.3, -0.25) is 4.98 Å². The Morgan fingerprint density at radius 3 is 2.52 bits per heavy atom. The van der Waals surface area contributed by atoms with E-state index in [-0.39, 0.29) is 27.9 Å². The molecule has 1 aliphatic heterocycles. The fraction of sp³-hybridized carbons (Fsp3) is 0.484. The Labute approximate surface area is 254 Å². The standard InChI is InChI=1S/C31H42ClFN4O4Si/c1-8-39-30(38)22-20-34-25-19-27(40-16-17-41-42(6,7)31(2,3)4)26(37-14-12-36(5)13-15-37)18-21(25)29(22)35-24-11-9-10-23(32)28(24)33/h9-11,18-20H,8,12-17H2,1-7H3,(H,34,35). The van der Waals surface area contributed by atoms with Crippen molar-refractivity contribution < 1.29 is 23.1 Å². The third-order valence-corrected chi connectivity index (χ3v) is 12.9. The second-order valence-electron chi connectivity index (χ2n) is 12.1. The topological polar surface area (TPSA) is 76.2 Å². The number of halogens is 2. The van der Waals surface area contributed by atoms with E-state index < -0.39 is 20.1 Å². The van der Waals surface area contributed by atoms with Crippen LogP contribution < -0.4 is 15.0 Å². The molecular formula is C31H42ClFN4O4Si. The van der Waals surface area contributed by atoms with E-state index in [0.29, 0.717) is 35.6 Å². The molecule has 2 aromatic carbocycles. The van der Waals surface area contributed by atoms with Crippen molar-refractivity contribution in [3.8, 4) is 5.75 Å². The molecule has 1 aromatic heterocycles. The number of fused-ring (bicyclic) bond motifs is 1. The van der Waals surface area contributed by atoms with Gasteiger partial charge in [-0.2, -0.15) is 0 Å².